The predicted molar refractivity (Wildman–Crippen MR) is 90.7 cm³/mol. The van der Waals surface area contributed by atoms with Crippen LogP contribution in [0.3, 0.4) is 0 Å². The summed E-state index contributed by atoms with van der Waals surface area (Å²) in [5, 5.41) is 25.2. The smallest absolute Gasteiger partial charge is 0.154 e. The molecule has 1 aliphatic rings. The van der Waals surface area contributed by atoms with E-state index in [0.29, 0.717) is 24.2 Å². The molecule has 8 heteroatoms. The lowest BCUT2D eigenvalue weighted by atomic mass is 9.79. The van der Waals surface area contributed by atoms with E-state index < -0.39 is 0 Å². The Bertz CT molecular complexity index is 899. The number of rotatable bonds is 5. The third-order valence-electron chi connectivity index (χ3n) is 4.58. The van der Waals surface area contributed by atoms with E-state index in [4.69, 9.17) is 5.26 Å². The molecule has 0 unspecified atom stereocenters. The summed E-state index contributed by atoms with van der Waals surface area (Å²) in [4.78, 5) is 4.26. The highest BCUT2D eigenvalue weighted by Gasteiger charge is 2.34. The Morgan fingerprint density at radius 2 is 2.16 bits per heavy atom. The van der Waals surface area contributed by atoms with Crippen molar-refractivity contribution in [2.24, 2.45) is 7.05 Å². The van der Waals surface area contributed by atoms with Gasteiger partial charge >= 0.3 is 0 Å². The molecule has 1 aliphatic carbocycles. The second-order valence-electron chi connectivity index (χ2n) is 6.27. The minimum absolute atomic E-state index is 0.345. The van der Waals surface area contributed by atoms with E-state index >= 15 is 0 Å². The summed E-state index contributed by atoms with van der Waals surface area (Å²) in [5.41, 5.74) is 0.428. The number of anilines is 1. The molecule has 1 N–H and O–H groups in total. The SMILES string of the molecule is Cn1c(Cn2cccn2)nnc1C1CC(Nc2cccc(C#N)n2)C1. The number of nitrogens with zero attached hydrogens (tertiary/aromatic N) is 7. The first-order valence-electron chi connectivity index (χ1n) is 8.22. The summed E-state index contributed by atoms with van der Waals surface area (Å²) >= 11 is 0. The van der Waals surface area contributed by atoms with Crippen molar-refractivity contribution >= 4 is 5.82 Å². The Kier molecular flexibility index (Phi) is 3.90. The van der Waals surface area contributed by atoms with Gasteiger partial charge in [0.05, 0.1) is 0 Å². The van der Waals surface area contributed by atoms with Gasteiger partial charge in [-0.2, -0.15) is 10.4 Å². The van der Waals surface area contributed by atoms with E-state index in [2.05, 4.69) is 36.2 Å². The van der Waals surface area contributed by atoms with Gasteiger partial charge in [0.15, 0.2) is 5.82 Å². The maximum absolute atomic E-state index is 8.92. The maximum Gasteiger partial charge on any atom is 0.154 e. The van der Waals surface area contributed by atoms with E-state index in [1.54, 1.807) is 12.3 Å². The van der Waals surface area contributed by atoms with Crippen LogP contribution in [0.2, 0.25) is 0 Å². The van der Waals surface area contributed by atoms with E-state index in [9.17, 15) is 0 Å². The van der Waals surface area contributed by atoms with Gasteiger partial charge in [-0.15, -0.1) is 10.2 Å². The molecule has 1 fully saturated rings. The summed E-state index contributed by atoms with van der Waals surface area (Å²) in [6.45, 7) is 0.621. The van der Waals surface area contributed by atoms with E-state index in [-0.39, 0.29) is 0 Å². The lowest BCUT2D eigenvalue weighted by Crippen LogP contribution is -2.35. The third kappa shape index (κ3) is 3.08. The van der Waals surface area contributed by atoms with E-state index in [0.717, 1.165) is 30.3 Å². The molecule has 8 nitrogen and oxygen atoms in total. The molecule has 3 heterocycles. The van der Waals surface area contributed by atoms with Crippen LogP contribution in [0.25, 0.3) is 0 Å². The van der Waals surface area contributed by atoms with Crippen molar-refractivity contribution in [3.63, 3.8) is 0 Å². The summed E-state index contributed by atoms with van der Waals surface area (Å²) in [6, 6.07) is 9.74. The molecule has 0 aromatic carbocycles. The van der Waals surface area contributed by atoms with Crippen LogP contribution < -0.4 is 5.32 Å². The summed E-state index contributed by atoms with van der Waals surface area (Å²) in [6.07, 6.45) is 5.63. The molecule has 4 rings (SSSR count). The molecule has 3 aromatic heterocycles. The fraction of sp³-hybridized carbons (Fsp3) is 0.353. The molecule has 0 spiro atoms. The highest BCUT2D eigenvalue weighted by Crippen LogP contribution is 2.37. The predicted octanol–water partition coefficient (Wildman–Crippen LogP) is 1.68. The number of nitriles is 1. The standard InChI is InChI=1S/C17H18N8/c1-24-16(11-25-7-3-6-19-25)22-23-17(24)12-8-14(9-12)21-15-5-2-4-13(10-18)20-15/h2-7,12,14H,8-9,11H2,1H3,(H,20,21). The first kappa shape index (κ1) is 15.3. The molecule has 0 aliphatic heterocycles. The number of nitrogens with one attached hydrogen (secondary N) is 1. The van der Waals surface area contributed by atoms with E-state index in [1.165, 1.54) is 0 Å². The van der Waals surface area contributed by atoms with Gasteiger partial charge in [-0.05, 0) is 31.0 Å². The normalized spacial score (nSPS) is 19.2. The Hall–Kier alpha value is -3.21. The van der Waals surface area contributed by atoms with Gasteiger partial charge in [-0.25, -0.2) is 4.98 Å². The fourth-order valence-corrected chi connectivity index (χ4v) is 3.14. The van der Waals surface area contributed by atoms with Crippen molar-refractivity contribution in [1.82, 2.24) is 29.5 Å². The topological polar surface area (TPSA) is 97.2 Å². The number of hydrogen-bond donors (Lipinski definition) is 1. The fourth-order valence-electron chi connectivity index (χ4n) is 3.14. The zero-order valence-electron chi connectivity index (χ0n) is 13.9. The second-order valence-corrected chi connectivity index (χ2v) is 6.27. The van der Waals surface area contributed by atoms with Crippen molar-refractivity contribution in [2.75, 3.05) is 5.32 Å². The molecule has 0 saturated heterocycles. The Morgan fingerprint density at radius 1 is 1.28 bits per heavy atom. The van der Waals surface area contributed by atoms with Crippen LogP contribution in [-0.4, -0.2) is 35.6 Å². The molecule has 0 amide bonds. The molecule has 25 heavy (non-hydrogen) atoms. The maximum atomic E-state index is 8.92. The average molecular weight is 334 g/mol. The highest BCUT2D eigenvalue weighted by atomic mass is 15.3. The number of pyridine rings is 1. The Morgan fingerprint density at radius 3 is 2.92 bits per heavy atom. The van der Waals surface area contributed by atoms with Crippen molar-refractivity contribution < 1.29 is 0 Å². The van der Waals surface area contributed by atoms with Gasteiger partial charge in [0.25, 0.3) is 0 Å². The molecule has 0 radical (unpaired) electrons. The first-order chi connectivity index (χ1) is 12.2. The average Bonchev–Trinajstić information content (AvgIpc) is 3.22. The van der Waals surface area contributed by atoms with Crippen LogP contribution in [0, 0.1) is 11.3 Å². The molecule has 1 saturated carbocycles. The van der Waals surface area contributed by atoms with Gasteiger partial charge in [-0.3, -0.25) is 4.68 Å². The molecular weight excluding hydrogens is 316 g/mol. The lowest BCUT2D eigenvalue weighted by molar-refractivity contribution is 0.351. The van der Waals surface area contributed by atoms with Crippen molar-refractivity contribution in [3.8, 4) is 6.07 Å². The van der Waals surface area contributed by atoms with Gasteiger partial charge < -0.3 is 9.88 Å². The first-order valence-corrected chi connectivity index (χ1v) is 8.22. The minimum Gasteiger partial charge on any atom is -0.367 e. The molecule has 0 bridgehead atoms. The van der Waals surface area contributed by atoms with Crippen LogP contribution >= 0.6 is 0 Å². The zero-order valence-corrected chi connectivity index (χ0v) is 13.9. The molecule has 3 aromatic rings. The molecular formula is C17H18N8. The number of aromatic nitrogens is 6. The van der Waals surface area contributed by atoms with Crippen molar-refractivity contribution in [2.45, 2.75) is 31.3 Å². The van der Waals surface area contributed by atoms with Crippen LogP contribution in [-0.2, 0) is 13.6 Å². The van der Waals surface area contributed by atoms with E-state index in [1.807, 2.05) is 36.1 Å². The monoisotopic (exact) mass is 334 g/mol. The van der Waals surface area contributed by atoms with Crippen molar-refractivity contribution in [3.05, 3.63) is 54.0 Å². The lowest BCUT2D eigenvalue weighted by Gasteiger charge is -2.35. The minimum atomic E-state index is 0.345. The zero-order chi connectivity index (χ0) is 17.2. The molecule has 126 valence electrons. The third-order valence-corrected chi connectivity index (χ3v) is 4.58. The largest absolute Gasteiger partial charge is 0.367 e. The molecule has 0 atom stereocenters. The Balaban J connectivity index is 1.37. The van der Waals surface area contributed by atoms with Gasteiger partial charge in [0.2, 0.25) is 0 Å². The highest BCUT2D eigenvalue weighted by molar-refractivity contribution is 5.40. The van der Waals surface area contributed by atoms with Crippen LogP contribution in [0.1, 0.15) is 36.1 Å². The van der Waals surface area contributed by atoms with Crippen LogP contribution in [0.15, 0.2) is 36.7 Å². The van der Waals surface area contributed by atoms with Gasteiger partial charge in [-0.1, -0.05) is 6.07 Å². The summed E-state index contributed by atoms with van der Waals surface area (Å²) in [5.74, 6) is 3.05. The van der Waals surface area contributed by atoms with Crippen molar-refractivity contribution in [1.29, 1.82) is 5.26 Å². The van der Waals surface area contributed by atoms with Gasteiger partial charge in [0.1, 0.15) is 30.0 Å². The Labute approximate surface area is 145 Å². The van der Waals surface area contributed by atoms with Crippen LogP contribution in [0.5, 0.6) is 0 Å². The summed E-state index contributed by atoms with van der Waals surface area (Å²) < 4.78 is 3.91. The van der Waals surface area contributed by atoms with Crippen LogP contribution in [0.4, 0.5) is 5.82 Å². The number of hydrogen-bond acceptors (Lipinski definition) is 6. The second kappa shape index (κ2) is 6.36. The summed E-state index contributed by atoms with van der Waals surface area (Å²) in [7, 11) is 2.01. The van der Waals surface area contributed by atoms with Gasteiger partial charge in [0, 0.05) is 31.4 Å². The quantitative estimate of drug-likeness (QED) is 0.762.